The van der Waals surface area contributed by atoms with Crippen LogP contribution in [0.2, 0.25) is 0 Å². The van der Waals surface area contributed by atoms with E-state index >= 15 is 0 Å². The zero-order chi connectivity index (χ0) is 21.5. The van der Waals surface area contributed by atoms with Crippen molar-refractivity contribution in [2.75, 3.05) is 38.6 Å². The van der Waals surface area contributed by atoms with Crippen LogP contribution in [-0.2, 0) is 14.3 Å². The van der Waals surface area contributed by atoms with E-state index in [4.69, 9.17) is 9.47 Å². The van der Waals surface area contributed by atoms with Crippen molar-refractivity contribution in [1.82, 2.24) is 10.2 Å². The van der Waals surface area contributed by atoms with Crippen LogP contribution in [0, 0.1) is 11.8 Å². The molecular weight excluding hydrogens is 412 g/mol. The van der Waals surface area contributed by atoms with Gasteiger partial charge in [-0.25, -0.2) is 0 Å². The van der Waals surface area contributed by atoms with Gasteiger partial charge >= 0.3 is 0 Å². The van der Waals surface area contributed by atoms with Crippen LogP contribution in [0.4, 0.5) is 0 Å². The van der Waals surface area contributed by atoms with Crippen LogP contribution >= 0.6 is 11.8 Å². The highest BCUT2D eigenvalue weighted by molar-refractivity contribution is 8.00. The van der Waals surface area contributed by atoms with Crippen molar-refractivity contribution in [3.63, 3.8) is 0 Å². The molecule has 1 aromatic rings. The lowest BCUT2D eigenvalue weighted by atomic mass is 9.89. The van der Waals surface area contributed by atoms with Gasteiger partial charge in [0.25, 0.3) is 5.91 Å². The van der Waals surface area contributed by atoms with Gasteiger partial charge in [0.2, 0.25) is 5.91 Å². The lowest BCUT2D eigenvalue weighted by Gasteiger charge is -2.35. The Balaban J connectivity index is 1.30. The van der Waals surface area contributed by atoms with Crippen molar-refractivity contribution >= 4 is 23.6 Å². The van der Waals surface area contributed by atoms with Crippen molar-refractivity contribution in [2.24, 2.45) is 11.8 Å². The van der Waals surface area contributed by atoms with E-state index in [9.17, 15) is 9.59 Å². The molecule has 6 nitrogen and oxygen atoms in total. The fraction of sp³-hybridized carbons (Fsp3) is 0.667. The summed E-state index contributed by atoms with van der Waals surface area (Å²) in [5.41, 5.74) is 0.682. The minimum Gasteiger partial charge on any atom is -0.355 e. The summed E-state index contributed by atoms with van der Waals surface area (Å²) in [6.45, 7) is 3.46. The second-order valence-corrected chi connectivity index (χ2v) is 9.87. The van der Waals surface area contributed by atoms with Gasteiger partial charge in [0, 0.05) is 30.4 Å². The van der Waals surface area contributed by atoms with Gasteiger partial charge in [-0.3, -0.25) is 9.59 Å². The molecule has 4 rings (SSSR count). The molecule has 1 atom stereocenters. The first-order valence-corrected chi connectivity index (χ1v) is 12.7. The fourth-order valence-electron chi connectivity index (χ4n) is 4.85. The van der Waals surface area contributed by atoms with E-state index in [2.05, 4.69) is 5.32 Å². The van der Waals surface area contributed by atoms with E-state index in [0.29, 0.717) is 37.0 Å². The van der Waals surface area contributed by atoms with Gasteiger partial charge in [0.1, 0.15) is 0 Å². The van der Waals surface area contributed by atoms with E-state index < -0.39 is 0 Å². The first kappa shape index (κ1) is 22.6. The maximum absolute atomic E-state index is 13.3. The van der Waals surface area contributed by atoms with Gasteiger partial charge in [0.05, 0.1) is 24.5 Å². The highest BCUT2D eigenvalue weighted by Crippen LogP contribution is 2.29. The maximum atomic E-state index is 13.3. The molecule has 0 bridgehead atoms. The zero-order valence-corrected chi connectivity index (χ0v) is 19.0. The summed E-state index contributed by atoms with van der Waals surface area (Å²) in [4.78, 5) is 28.5. The van der Waals surface area contributed by atoms with Crippen LogP contribution in [0.3, 0.4) is 0 Å². The number of piperidine rings is 1. The minimum atomic E-state index is -0.187. The summed E-state index contributed by atoms with van der Waals surface area (Å²) in [6.07, 6.45) is 8.11. The number of thioether (sulfide) groups is 1. The number of carbonyl (C=O) groups is 2. The topological polar surface area (TPSA) is 67.9 Å². The monoisotopic (exact) mass is 446 g/mol. The number of hydrogen-bond acceptors (Lipinski definition) is 5. The summed E-state index contributed by atoms with van der Waals surface area (Å²) < 4.78 is 11.3. The molecule has 7 heteroatoms. The van der Waals surface area contributed by atoms with Crippen LogP contribution in [0.5, 0.6) is 0 Å². The van der Waals surface area contributed by atoms with Crippen molar-refractivity contribution in [3.05, 3.63) is 29.8 Å². The normalized spacial score (nSPS) is 23.1. The molecule has 2 amide bonds. The Hall–Kier alpha value is -1.57. The predicted molar refractivity (Wildman–Crippen MR) is 121 cm³/mol. The van der Waals surface area contributed by atoms with Crippen LogP contribution < -0.4 is 5.32 Å². The fourth-order valence-corrected chi connectivity index (χ4v) is 5.72. The maximum Gasteiger partial charge on any atom is 0.255 e. The third kappa shape index (κ3) is 6.24. The Morgan fingerprint density at radius 3 is 2.61 bits per heavy atom. The smallest absolute Gasteiger partial charge is 0.255 e. The quantitative estimate of drug-likeness (QED) is 0.647. The number of likely N-dealkylation sites (tertiary alicyclic amines) is 1. The van der Waals surface area contributed by atoms with Crippen LogP contribution in [0.15, 0.2) is 29.2 Å². The minimum absolute atomic E-state index is 0.0356. The van der Waals surface area contributed by atoms with E-state index in [1.165, 1.54) is 43.9 Å². The zero-order valence-electron chi connectivity index (χ0n) is 18.2. The number of rotatable bonds is 7. The predicted octanol–water partition coefficient (Wildman–Crippen LogP) is 3.70. The Bertz CT molecular complexity index is 747. The second kappa shape index (κ2) is 11.3. The standard InChI is InChI=1S/C24H34N2O4S/c27-22(25-15-18-7-2-1-3-8-18)17-31-21-11-5-4-10-20(21)23(28)26-12-6-9-19(16-26)24-29-13-14-30-24/h4-5,10-11,18-19,24H,1-3,6-9,12-17H2,(H,25,27). The number of ether oxygens (including phenoxy) is 2. The van der Waals surface area contributed by atoms with Gasteiger partial charge < -0.3 is 19.7 Å². The van der Waals surface area contributed by atoms with Gasteiger partial charge in [0.15, 0.2) is 6.29 Å². The van der Waals surface area contributed by atoms with Crippen LogP contribution in [-0.4, -0.2) is 61.6 Å². The van der Waals surface area contributed by atoms with Gasteiger partial charge in [-0.05, 0) is 43.7 Å². The number of nitrogens with zero attached hydrogens (tertiary/aromatic N) is 1. The number of nitrogens with one attached hydrogen (secondary N) is 1. The number of benzene rings is 1. The molecule has 1 saturated carbocycles. The van der Waals surface area contributed by atoms with Crippen molar-refractivity contribution in [2.45, 2.75) is 56.1 Å². The molecular formula is C24H34N2O4S. The summed E-state index contributed by atoms with van der Waals surface area (Å²) >= 11 is 1.45. The second-order valence-electron chi connectivity index (χ2n) is 8.86. The molecule has 3 fully saturated rings. The third-order valence-electron chi connectivity index (χ3n) is 6.57. The Morgan fingerprint density at radius 1 is 1.03 bits per heavy atom. The SMILES string of the molecule is O=C(CSc1ccccc1C(=O)N1CCCC(C2OCCO2)C1)NCC1CCCCC1. The molecule has 2 aliphatic heterocycles. The van der Waals surface area contributed by atoms with Crippen molar-refractivity contribution < 1.29 is 19.1 Å². The van der Waals surface area contributed by atoms with Crippen LogP contribution in [0.25, 0.3) is 0 Å². The van der Waals surface area contributed by atoms with E-state index in [-0.39, 0.29) is 24.0 Å². The largest absolute Gasteiger partial charge is 0.355 e. The average Bonchev–Trinajstić information content (AvgIpc) is 3.37. The Kier molecular flexibility index (Phi) is 8.27. The summed E-state index contributed by atoms with van der Waals surface area (Å²) in [5.74, 6) is 1.27. The third-order valence-corrected chi connectivity index (χ3v) is 7.64. The molecule has 1 unspecified atom stereocenters. The van der Waals surface area contributed by atoms with E-state index in [1.54, 1.807) is 0 Å². The molecule has 0 radical (unpaired) electrons. The molecule has 1 aromatic carbocycles. The summed E-state index contributed by atoms with van der Waals surface area (Å²) in [7, 11) is 0. The van der Waals surface area contributed by atoms with Crippen molar-refractivity contribution in [1.29, 1.82) is 0 Å². The van der Waals surface area contributed by atoms with Gasteiger partial charge in [-0.2, -0.15) is 0 Å². The highest BCUT2D eigenvalue weighted by atomic mass is 32.2. The molecule has 1 N–H and O–H groups in total. The lowest BCUT2D eigenvalue weighted by Crippen LogP contribution is -2.44. The first-order valence-electron chi connectivity index (χ1n) is 11.7. The molecule has 0 aromatic heterocycles. The van der Waals surface area contributed by atoms with Crippen molar-refractivity contribution in [3.8, 4) is 0 Å². The number of amides is 2. The molecule has 2 saturated heterocycles. The molecule has 31 heavy (non-hydrogen) atoms. The first-order chi connectivity index (χ1) is 15.2. The Morgan fingerprint density at radius 2 is 1.81 bits per heavy atom. The Labute approximate surface area is 189 Å². The van der Waals surface area contributed by atoms with Crippen LogP contribution in [0.1, 0.15) is 55.3 Å². The van der Waals surface area contributed by atoms with E-state index in [0.717, 1.165) is 30.8 Å². The van der Waals surface area contributed by atoms with Gasteiger partial charge in [-0.15, -0.1) is 11.8 Å². The summed E-state index contributed by atoms with van der Waals surface area (Å²) in [5, 5.41) is 3.09. The highest BCUT2D eigenvalue weighted by Gasteiger charge is 2.33. The molecule has 3 aliphatic rings. The molecule has 2 heterocycles. The number of carbonyl (C=O) groups excluding carboxylic acids is 2. The van der Waals surface area contributed by atoms with Gasteiger partial charge in [-0.1, -0.05) is 31.4 Å². The van der Waals surface area contributed by atoms with E-state index in [1.807, 2.05) is 29.2 Å². The molecule has 1 aliphatic carbocycles. The molecule has 0 spiro atoms. The average molecular weight is 447 g/mol. The lowest BCUT2D eigenvalue weighted by molar-refractivity contribution is -0.118. The molecule has 170 valence electrons. The number of hydrogen-bond donors (Lipinski definition) is 1. The summed E-state index contributed by atoms with van der Waals surface area (Å²) in [6, 6.07) is 7.64.